The number of pyridine rings is 1. The molecule has 1 aromatic heterocycles. The van der Waals surface area contributed by atoms with Crippen LogP contribution in [0.15, 0.2) is 79.0 Å². The molecule has 2 aromatic carbocycles. The Morgan fingerprint density at radius 3 is 2.38 bits per heavy atom. The third-order valence-electron chi connectivity index (χ3n) is 4.51. The molecule has 3 aromatic rings. The highest BCUT2D eigenvalue weighted by Gasteiger charge is 2.12. The van der Waals surface area contributed by atoms with Crippen molar-refractivity contribution in [2.24, 2.45) is 5.73 Å². The van der Waals surface area contributed by atoms with Crippen LogP contribution in [0.2, 0.25) is 0 Å². The minimum atomic E-state index is 0.756. The highest BCUT2D eigenvalue weighted by atomic mass is 14.7. The largest absolute Gasteiger partial charge is 0.398 e. The third kappa shape index (κ3) is 3.75. The lowest BCUT2D eigenvalue weighted by Gasteiger charge is -2.15. The molecule has 0 spiro atoms. The number of benzene rings is 2. The molecule has 0 aliphatic carbocycles. The van der Waals surface area contributed by atoms with Gasteiger partial charge in [-0.15, -0.1) is 0 Å². The Kier molecular flexibility index (Phi) is 5.33. The number of rotatable bonds is 4. The topological polar surface area (TPSA) is 38.9 Å². The highest BCUT2D eigenvalue weighted by molar-refractivity contribution is 5.82. The van der Waals surface area contributed by atoms with Gasteiger partial charge in [0.25, 0.3) is 0 Å². The zero-order valence-corrected chi connectivity index (χ0v) is 15.5. The van der Waals surface area contributed by atoms with Gasteiger partial charge in [-0.3, -0.25) is 4.98 Å². The number of allylic oxidation sites excluding steroid dienone is 3. The van der Waals surface area contributed by atoms with Gasteiger partial charge in [-0.2, -0.15) is 0 Å². The fourth-order valence-corrected chi connectivity index (χ4v) is 3.02. The third-order valence-corrected chi connectivity index (χ3v) is 4.51. The molecular formula is C24H24N2. The quantitative estimate of drug-likeness (QED) is 0.600. The first kappa shape index (κ1) is 17.7. The van der Waals surface area contributed by atoms with E-state index in [-0.39, 0.29) is 0 Å². The number of nitrogens with two attached hydrogens (primary N) is 1. The van der Waals surface area contributed by atoms with Gasteiger partial charge in [-0.05, 0) is 67.8 Å². The van der Waals surface area contributed by atoms with Crippen molar-refractivity contribution >= 4 is 5.70 Å². The summed E-state index contributed by atoms with van der Waals surface area (Å²) in [6.07, 6.45) is 7.71. The molecule has 1 heterocycles. The molecule has 0 unspecified atom stereocenters. The Morgan fingerprint density at radius 1 is 0.962 bits per heavy atom. The molecule has 2 nitrogen and oxygen atoms in total. The van der Waals surface area contributed by atoms with Crippen molar-refractivity contribution in [3.8, 4) is 22.4 Å². The molecule has 2 N–H and O–H groups in total. The van der Waals surface area contributed by atoms with Crippen molar-refractivity contribution in [3.63, 3.8) is 0 Å². The van der Waals surface area contributed by atoms with Crippen molar-refractivity contribution in [1.29, 1.82) is 0 Å². The molecule has 0 atom stereocenters. The molecular weight excluding hydrogens is 316 g/mol. The van der Waals surface area contributed by atoms with Crippen LogP contribution in [0.1, 0.15) is 23.6 Å². The van der Waals surface area contributed by atoms with E-state index in [2.05, 4.69) is 55.2 Å². The average Bonchev–Trinajstić information content (AvgIpc) is 2.68. The molecule has 0 saturated heterocycles. The molecule has 0 fully saturated rings. The van der Waals surface area contributed by atoms with Crippen LogP contribution in [-0.2, 0) is 0 Å². The van der Waals surface area contributed by atoms with Gasteiger partial charge >= 0.3 is 0 Å². The van der Waals surface area contributed by atoms with Crippen LogP contribution in [0.3, 0.4) is 0 Å². The fraction of sp³-hybridized carbons (Fsp3) is 0.125. The summed E-state index contributed by atoms with van der Waals surface area (Å²) in [5.74, 6) is 0. The Labute approximate surface area is 155 Å². The minimum Gasteiger partial charge on any atom is -0.398 e. The Balaban J connectivity index is 2.24. The van der Waals surface area contributed by atoms with E-state index < -0.39 is 0 Å². The maximum atomic E-state index is 6.39. The first-order chi connectivity index (χ1) is 12.6. The van der Waals surface area contributed by atoms with E-state index in [1.807, 2.05) is 49.5 Å². The molecule has 0 bridgehead atoms. The number of aryl methyl sites for hydroxylation is 1. The van der Waals surface area contributed by atoms with E-state index in [0.29, 0.717) is 0 Å². The monoisotopic (exact) mass is 340 g/mol. The van der Waals surface area contributed by atoms with Crippen molar-refractivity contribution in [2.45, 2.75) is 20.8 Å². The molecule has 130 valence electrons. The van der Waals surface area contributed by atoms with Crippen LogP contribution in [-0.4, -0.2) is 4.98 Å². The van der Waals surface area contributed by atoms with E-state index in [4.69, 9.17) is 5.73 Å². The number of hydrogen-bond acceptors (Lipinski definition) is 2. The van der Waals surface area contributed by atoms with Crippen LogP contribution in [0.4, 0.5) is 0 Å². The zero-order valence-electron chi connectivity index (χ0n) is 15.5. The summed E-state index contributed by atoms with van der Waals surface area (Å²) in [5.41, 5.74) is 15.0. The second-order valence-corrected chi connectivity index (χ2v) is 6.43. The van der Waals surface area contributed by atoms with Crippen molar-refractivity contribution in [1.82, 2.24) is 4.98 Å². The van der Waals surface area contributed by atoms with Gasteiger partial charge in [-0.25, -0.2) is 0 Å². The number of aromatic nitrogens is 1. The van der Waals surface area contributed by atoms with Crippen molar-refractivity contribution in [2.75, 3.05) is 0 Å². The maximum Gasteiger partial charge on any atom is 0.0702 e. The van der Waals surface area contributed by atoms with Crippen LogP contribution in [0.5, 0.6) is 0 Å². The lowest BCUT2D eigenvalue weighted by molar-refractivity contribution is 1.31. The van der Waals surface area contributed by atoms with Crippen LogP contribution in [0.25, 0.3) is 28.1 Å². The van der Waals surface area contributed by atoms with E-state index >= 15 is 0 Å². The Hall–Kier alpha value is -3.13. The molecule has 0 aliphatic rings. The van der Waals surface area contributed by atoms with E-state index in [9.17, 15) is 0 Å². The summed E-state index contributed by atoms with van der Waals surface area (Å²) in [6, 6.07) is 18.9. The number of nitrogens with zero attached hydrogens (tertiary/aromatic N) is 1. The standard InChI is InChI=1S/C24H24N2/c1-4-5-8-23(25)22-16-20(24-9-6-7-14-26-24)15-21(18(22)3)19-12-10-17(2)11-13-19/h4-16H,25H2,1-3H3/b5-4-,23-8-. The smallest absolute Gasteiger partial charge is 0.0702 e. The molecule has 3 rings (SSSR count). The van der Waals surface area contributed by atoms with Gasteiger partial charge in [0.2, 0.25) is 0 Å². The zero-order chi connectivity index (χ0) is 18.5. The SMILES string of the molecule is C/C=C\C=C(/N)c1cc(-c2ccccn2)cc(-c2ccc(C)cc2)c1C. The van der Waals surface area contributed by atoms with Crippen molar-refractivity contribution < 1.29 is 0 Å². The fourth-order valence-electron chi connectivity index (χ4n) is 3.02. The van der Waals surface area contributed by atoms with Crippen LogP contribution < -0.4 is 5.73 Å². The minimum absolute atomic E-state index is 0.756. The van der Waals surface area contributed by atoms with Crippen LogP contribution >= 0.6 is 0 Å². The normalized spacial score (nSPS) is 11.9. The summed E-state index contributed by atoms with van der Waals surface area (Å²) in [5, 5.41) is 0. The molecule has 26 heavy (non-hydrogen) atoms. The molecule has 0 aliphatic heterocycles. The van der Waals surface area contributed by atoms with Crippen molar-refractivity contribution in [3.05, 3.63) is 95.7 Å². The molecule has 0 amide bonds. The van der Waals surface area contributed by atoms with Gasteiger partial charge in [0.1, 0.15) is 0 Å². The molecule has 0 radical (unpaired) electrons. The Morgan fingerprint density at radius 2 is 1.73 bits per heavy atom. The predicted molar refractivity (Wildman–Crippen MR) is 112 cm³/mol. The summed E-state index contributed by atoms with van der Waals surface area (Å²) in [4.78, 5) is 4.52. The first-order valence-electron chi connectivity index (χ1n) is 8.82. The average molecular weight is 340 g/mol. The van der Waals surface area contributed by atoms with Gasteiger partial charge in [0.05, 0.1) is 5.69 Å². The summed E-state index contributed by atoms with van der Waals surface area (Å²) in [7, 11) is 0. The van der Waals surface area contributed by atoms with Gasteiger partial charge in [0, 0.05) is 23.0 Å². The van der Waals surface area contributed by atoms with E-state index in [1.54, 1.807) is 0 Å². The van der Waals surface area contributed by atoms with Gasteiger partial charge in [0.15, 0.2) is 0 Å². The lowest BCUT2D eigenvalue weighted by Crippen LogP contribution is -2.01. The van der Waals surface area contributed by atoms with E-state index in [0.717, 1.165) is 22.5 Å². The lowest BCUT2D eigenvalue weighted by atomic mass is 9.91. The first-order valence-corrected chi connectivity index (χ1v) is 8.82. The maximum absolute atomic E-state index is 6.39. The van der Waals surface area contributed by atoms with Gasteiger partial charge in [-0.1, -0.05) is 48.0 Å². The highest BCUT2D eigenvalue weighted by Crippen LogP contribution is 2.33. The summed E-state index contributed by atoms with van der Waals surface area (Å²) < 4.78 is 0. The predicted octanol–water partition coefficient (Wildman–Crippen LogP) is 5.91. The molecule has 2 heteroatoms. The Bertz CT molecular complexity index is 950. The second-order valence-electron chi connectivity index (χ2n) is 6.43. The summed E-state index contributed by atoms with van der Waals surface area (Å²) in [6.45, 7) is 6.21. The van der Waals surface area contributed by atoms with E-state index in [1.165, 1.54) is 22.3 Å². The van der Waals surface area contributed by atoms with Gasteiger partial charge < -0.3 is 5.73 Å². The summed E-state index contributed by atoms with van der Waals surface area (Å²) >= 11 is 0. The molecule has 0 saturated carbocycles. The second kappa shape index (κ2) is 7.83. The van der Waals surface area contributed by atoms with Crippen LogP contribution in [0, 0.1) is 13.8 Å². The number of hydrogen-bond donors (Lipinski definition) is 1.